The van der Waals surface area contributed by atoms with Crippen molar-refractivity contribution in [3.8, 4) is 11.5 Å². The van der Waals surface area contributed by atoms with Crippen molar-refractivity contribution < 1.29 is 28.7 Å². The number of hydrogen-bond acceptors (Lipinski definition) is 13. The van der Waals surface area contributed by atoms with Crippen molar-refractivity contribution in [1.29, 1.82) is 0 Å². The quantitative estimate of drug-likeness (QED) is 0.134. The number of pyridine rings is 2. The van der Waals surface area contributed by atoms with Crippen molar-refractivity contribution in [2.24, 2.45) is 0 Å². The lowest BCUT2D eigenvalue weighted by Crippen LogP contribution is -2.54. The number of aromatic nitrogens is 5. The third-order valence-electron chi connectivity index (χ3n) is 10.5. The van der Waals surface area contributed by atoms with Crippen LogP contribution in [0.5, 0.6) is 0 Å². The van der Waals surface area contributed by atoms with E-state index in [4.69, 9.17) is 14.7 Å². The number of imide groups is 2. The Morgan fingerprint density at radius 2 is 1.73 bits per heavy atom. The molecule has 1 unspecified atom stereocenters. The summed E-state index contributed by atoms with van der Waals surface area (Å²) in [7, 11) is 0. The van der Waals surface area contributed by atoms with E-state index in [-0.39, 0.29) is 29.9 Å². The van der Waals surface area contributed by atoms with E-state index >= 15 is 0 Å². The van der Waals surface area contributed by atoms with Gasteiger partial charge in [0.05, 0.1) is 36.4 Å². The Kier molecular flexibility index (Phi) is 9.69. The monoisotopic (exact) mass is 747 g/mol. The number of carbonyl (C=O) groups excluding carboxylic acids is 5. The van der Waals surface area contributed by atoms with Gasteiger partial charge in [-0.3, -0.25) is 39.1 Å². The summed E-state index contributed by atoms with van der Waals surface area (Å²) >= 11 is 0. The first kappa shape index (κ1) is 35.8. The van der Waals surface area contributed by atoms with Crippen LogP contribution < -0.4 is 25.8 Å². The molecule has 4 aromatic rings. The van der Waals surface area contributed by atoms with Crippen LogP contribution >= 0.6 is 0 Å². The molecule has 0 saturated carbocycles. The molecule has 55 heavy (non-hydrogen) atoms. The van der Waals surface area contributed by atoms with Crippen molar-refractivity contribution in [3.63, 3.8) is 0 Å². The molecule has 5 amide bonds. The number of nitrogens with zero attached hydrogens (tertiary/aromatic N) is 8. The summed E-state index contributed by atoms with van der Waals surface area (Å²) in [5, 5.41) is 17.1. The molecule has 284 valence electrons. The first-order chi connectivity index (χ1) is 26.7. The van der Waals surface area contributed by atoms with E-state index in [1.54, 1.807) is 29.4 Å². The Labute approximate surface area is 316 Å². The van der Waals surface area contributed by atoms with Crippen LogP contribution in [0.4, 0.5) is 23.1 Å². The molecule has 17 nitrogen and oxygen atoms in total. The van der Waals surface area contributed by atoms with Gasteiger partial charge in [-0.05, 0) is 63.4 Å². The van der Waals surface area contributed by atoms with Gasteiger partial charge in [-0.25, -0.2) is 9.97 Å². The number of benzene rings is 1. The second-order valence-corrected chi connectivity index (χ2v) is 13.9. The van der Waals surface area contributed by atoms with E-state index in [1.165, 1.54) is 0 Å². The molecule has 3 N–H and O–H groups in total. The van der Waals surface area contributed by atoms with Crippen LogP contribution in [-0.2, 0) is 27.4 Å². The van der Waals surface area contributed by atoms with E-state index in [2.05, 4.69) is 38.0 Å². The number of amides is 5. The molecule has 2 saturated heterocycles. The lowest BCUT2D eigenvalue weighted by atomic mass is 10.0. The van der Waals surface area contributed by atoms with Gasteiger partial charge in [0.1, 0.15) is 35.5 Å². The first-order valence-corrected chi connectivity index (χ1v) is 18.6. The van der Waals surface area contributed by atoms with Crippen LogP contribution in [0.25, 0.3) is 11.5 Å². The minimum atomic E-state index is -1.03. The number of fused-ring (bicyclic) bond motifs is 2. The third-order valence-corrected chi connectivity index (χ3v) is 10.5. The zero-order valence-corrected chi connectivity index (χ0v) is 30.6. The number of hydrogen-bond donors (Lipinski definition) is 3. The highest BCUT2D eigenvalue weighted by molar-refractivity contribution is 6.25. The van der Waals surface area contributed by atoms with Gasteiger partial charge in [0, 0.05) is 49.9 Å². The molecule has 17 heteroatoms. The number of carbonyl (C=O) groups is 5. The van der Waals surface area contributed by atoms with Gasteiger partial charge < -0.3 is 24.8 Å². The maximum absolute atomic E-state index is 14.0. The largest absolute Gasteiger partial charge is 0.382 e. The van der Waals surface area contributed by atoms with Gasteiger partial charge in [-0.1, -0.05) is 12.1 Å². The van der Waals surface area contributed by atoms with E-state index in [0.29, 0.717) is 79.8 Å². The predicted octanol–water partition coefficient (Wildman–Crippen LogP) is 2.85. The van der Waals surface area contributed by atoms with Crippen LogP contribution in [-0.4, -0.2) is 104 Å². The molecule has 3 aromatic heterocycles. The summed E-state index contributed by atoms with van der Waals surface area (Å²) in [6, 6.07) is 11.6. The van der Waals surface area contributed by atoms with Crippen molar-refractivity contribution in [3.05, 3.63) is 71.0 Å². The van der Waals surface area contributed by atoms with Crippen LogP contribution in [0.1, 0.15) is 76.2 Å². The topological polar surface area (TPSA) is 197 Å². The van der Waals surface area contributed by atoms with Gasteiger partial charge in [0.25, 0.3) is 17.7 Å². The molecular weight excluding hydrogens is 706 g/mol. The van der Waals surface area contributed by atoms with Gasteiger partial charge in [-0.2, -0.15) is 0 Å². The van der Waals surface area contributed by atoms with Crippen molar-refractivity contribution in [2.45, 2.75) is 64.7 Å². The van der Waals surface area contributed by atoms with Gasteiger partial charge >= 0.3 is 0 Å². The molecule has 2 fully saturated rings. The zero-order valence-electron chi connectivity index (χ0n) is 30.6. The van der Waals surface area contributed by atoms with Crippen LogP contribution in [0.2, 0.25) is 0 Å². The second-order valence-electron chi connectivity index (χ2n) is 13.9. The predicted molar refractivity (Wildman–Crippen MR) is 201 cm³/mol. The highest BCUT2D eigenvalue weighted by Crippen LogP contribution is 2.36. The fourth-order valence-corrected chi connectivity index (χ4v) is 7.68. The average Bonchev–Trinajstić information content (AvgIpc) is 3.97. The van der Waals surface area contributed by atoms with Crippen LogP contribution in [0.3, 0.4) is 0 Å². The molecule has 2 atom stereocenters. The Hall–Kier alpha value is -6.23. The summed E-state index contributed by atoms with van der Waals surface area (Å²) in [4.78, 5) is 79.3. The Bertz CT molecular complexity index is 2200. The minimum absolute atomic E-state index is 0.0524. The second kappa shape index (κ2) is 14.9. The standard InChI is InChI=1S/C38H41N11O6/c1-3-46-21-41-45-34(46)27-10-5-11-29(42-27)48-20-25-24(36(48)52)19-30(47-16-6-7-22(47)2)43-33(25)40-15-18-55-17-14-39-26-9-4-8-23-32(26)38(54)49(37(23)53)28-12-13-31(50)44-35(28)51/h4-5,8-11,19,21-22,28,39H,3,6-7,12-18,20H2,1-2H3,(H,40,43)(H,44,50,51)/t22-,28?/m1/s1. The number of ether oxygens (including phenoxy) is 1. The molecule has 8 rings (SSSR count). The van der Waals surface area contributed by atoms with Gasteiger partial charge in [0.2, 0.25) is 11.8 Å². The molecule has 4 aliphatic heterocycles. The lowest BCUT2D eigenvalue weighted by Gasteiger charge is -2.27. The molecule has 7 heterocycles. The number of nitrogens with one attached hydrogen (secondary N) is 3. The lowest BCUT2D eigenvalue weighted by molar-refractivity contribution is -0.136. The number of piperidine rings is 1. The highest BCUT2D eigenvalue weighted by Gasteiger charge is 2.45. The summed E-state index contributed by atoms with van der Waals surface area (Å²) in [6.45, 7) is 7.40. The Balaban J connectivity index is 0.911. The van der Waals surface area contributed by atoms with Crippen molar-refractivity contribution in [1.82, 2.24) is 34.9 Å². The molecule has 0 aliphatic carbocycles. The molecule has 0 bridgehead atoms. The molecule has 0 radical (unpaired) electrons. The summed E-state index contributed by atoms with van der Waals surface area (Å²) < 4.78 is 7.82. The SMILES string of the molecule is CCn1cnnc1-c1cccc(N2Cc3c(cc(N4CCC[C@H]4C)nc3NCCOCCNc3cccc4c3C(=O)N(C3CCC(=O)NC3=O)C4=O)C2=O)n1. The number of rotatable bonds is 13. The zero-order chi connectivity index (χ0) is 38.2. The van der Waals surface area contributed by atoms with Gasteiger partial charge in [-0.15, -0.1) is 10.2 Å². The third kappa shape index (κ3) is 6.64. The number of anilines is 4. The Morgan fingerprint density at radius 3 is 2.51 bits per heavy atom. The summed E-state index contributed by atoms with van der Waals surface area (Å²) in [5.74, 6) is 0.161. The van der Waals surface area contributed by atoms with Gasteiger partial charge in [0.15, 0.2) is 5.82 Å². The van der Waals surface area contributed by atoms with E-state index < -0.39 is 29.7 Å². The number of aryl methyl sites for hydroxylation is 1. The molecular formula is C38H41N11O6. The minimum Gasteiger partial charge on any atom is -0.382 e. The van der Waals surface area contributed by atoms with Crippen LogP contribution in [0.15, 0.2) is 48.8 Å². The van der Waals surface area contributed by atoms with E-state index in [1.807, 2.05) is 35.8 Å². The summed E-state index contributed by atoms with van der Waals surface area (Å²) in [5.41, 5.74) is 2.86. The van der Waals surface area contributed by atoms with E-state index in [9.17, 15) is 24.0 Å². The maximum atomic E-state index is 14.0. The first-order valence-electron chi connectivity index (χ1n) is 18.6. The normalized spacial score (nSPS) is 19.3. The maximum Gasteiger partial charge on any atom is 0.264 e. The smallest absolute Gasteiger partial charge is 0.264 e. The Morgan fingerprint density at radius 1 is 0.909 bits per heavy atom. The fourth-order valence-electron chi connectivity index (χ4n) is 7.68. The summed E-state index contributed by atoms with van der Waals surface area (Å²) in [6.07, 6.45) is 3.91. The molecule has 0 spiro atoms. The van der Waals surface area contributed by atoms with Crippen LogP contribution in [0, 0.1) is 0 Å². The molecule has 4 aliphatic rings. The molecule has 1 aromatic carbocycles. The van der Waals surface area contributed by atoms with E-state index in [0.717, 1.165) is 35.7 Å². The highest BCUT2D eigenvalue weighted by atomic mass is 16.5. The van der Waals surface area contributed by atoms with Crippen molar-refractivity contribution in [2.75, 3.05) is 53.3 Å². The van der Waals surface area contributed by atoms with Crippen molar-refractivity contribution >= 4 is 52.7 Å². The average molecular weight is 748 g/mol. The fraction of sp³-hybridized carbons (Fsp3) is 0.395.